The van der Waals surface area contributed by atoms with Crippen LogP contribution in [-0.2, 0) is 6.42 Å². The van der Waals surface area contributed by atoms with E-state index in [0.29, 0.717) is 6.42 Å². The smallest absolute Gasteiger partial charge is 0.0978 e. The molecule has 4 aromatic rings. The lowest BCUT2D eigenvalue weighted by Crippen LogP contribution is -2.01. The van der Waals surface area contributed by atoms with Crippen LogP contribution in [0.3, 0.4) is 0 Å². The van der Waals surface area contributed by atoms with Gasteiger partial charge in [-0.25, -0.2) is 0 Å². The zero-order valence-corrected chi connectivity index (χ0v) is 15.2. The first-order valence-electron chi connectivity index (χ1n) is 9.02. The quantitative estimate of drug-likeness (QED) is 0.489. The van der Waals surface area contributed by atoms with Crippen molar-refractivity contribution in [3.63, 3.8) is 0 Å². The summed E-state index contributed by atoms with van der Waals surface area (Å²) in [6, 6.07) is 25.3. The number of fused-ring (bicyclic) bond motifs is 1. The summed E-state index contributed by atoms with van der Waals surface area (Å²) in [5, 5.41) is 11.8. The van der Waals surface area contributed by atoms with Crippen LogP contribution >= 0.6 is 0 Å². The van der Waals surface area contributed by atoms with Crippen molar-refractivity contribution in [2.45, 2.75) is 26.4 Å². The summed E-state index contributed by atoms with van der Waals surface area (Å²) < 4.78 is 0. The third kappa shape index (κ3) is 3.42. The summed E-state index contributed by atoms with van der Waals surface area (Å²) >= 11 is 0. The van der Waals surface area contributed by atoms with Gasteiger partial charge in [0.1, 0.15) is 0 Å². The maximum atomic E-state index is 10.6. The Morgan fingerprint density at radius 1 is 0.808 bits per heavy atom. The lowest BCUT2D eigenvalue weighted by Gasteiger charge is -2.09. The topological polar surface area (TPSA) is 36.0 Å². The van der Waals surface area contributed by atoms with Gasteiger partial charge in [-0.05, 0) is 48.7 Å². The van der Waals surface area contributed by atoms with Gasteiger partial charge in [0.15, 0.2) is 0 Å². The number of benzene rings is 3. The number of rotatable bonds is 4. The van der Waals surface area contributed by atoms with Crippen LogP contribution in [0.1, 0.15) is 28.5 Å². The lowest BCUT2D eigenvalue weighted by molar-refractivity contribution is 0.174. The highest BCUT2D eigenvalue weighted by Crippen LogP contribution is 2.28. The maximum Gasteiger partial charge on any atom is 0.0978 e. The number of hydrogen-bond acceptors (Lipinski definition) is 1. The molecule has 1 heterocycles. The van der Waals surface area contributed by atoms with Crippen LogP contribution in [0.2, 0.25) is 0 Å². The van der Waals surface area contributed by atoms with E-state index in [1.165, 1.54) is 22.3 Å². The highest BCUT2D eigenvalue weighted by Gasteiger charge is 2.12. The molecule has 3 aromatic carbocycles. The first-order valence-corrected chi connectivity index (χ1v) is 9.02. The van der Waals surface area contributed by atoms with Crippen LogP contribution in [0.5, 0.6) is 0 Å². The predicted molar refractivity (Wildman–Crippen MR) is 108 cm³/mol. The molecule has 2 heteroatoms. The normalized spacial score (nSPS) is 12.4. The van der Waals surface area contributed by atoms with Crippen molar-refractivity contribution in [1.82, 2.24) is 4.98 Å². The van der Waals surface area contributed by atoms with Crippen molar-refractivity contribution in [2.24, 2.45) is 0 Å². The van der Waals surface area contributed by atoms with E-state index in [2.05, 4.69) is 91.6 Å². The van der Waals surface area contributed by atoms with E-state index in [4.69, 9.17) is 0 Å². The zero-order chi connectivity index (χ0) is 18.1. The summed E-state index contributed by atoms with van der Waals surface area (Å²) in [4.78, 5) is 3.37. The van der Waals surface area contributed by atoms with E-state index < -0.39 is 6.10 Å². The molecule has 2 N–H and O–H groups in total. The molecule has 130 valence electrons. The molecule has 0 spiro atoms. The molecule has 1 aromatic heterocycles. The summed E-state index contributed by atoms with van der Waals surface area (Å²) in [5.74, 6) is 0. The molecule has 2 nitrogen and oxygen atoms in total. The molecular formula is C24H23NO. The minimum absolute atomic E-state index is 0.535. The Balaban J connectivity index is 1.61. The average molecular weight is 341 g/mol. The van der Waals surface area contributed by atoms with Gasteiger partial charge < -0.3 is 10.1 Å². The number of nitrogens with one attached hydrogen (secondary N) is 1. The van der Waals surface area contributed by atoms with E-state index in [0.717, 1.165) is 22.2 Å². The fraction of sp³-hybridized carbons (Fsp3) is 0.167. The summed E-state index contributed by atoms with van der Waals surface area (Å²) in [6.07, 6.45) is 0.0743. The Morgan fingerprint density at radius 3 is 2.35 bits per heavy atom. The van der Waals surface area contributed by atoms with Crippen LogP contribution in [0.25, 0.3) is 22.0 Å². The van der Waals surface area contributed by atoms with Crippen molar-refractivity contribution in [2.75, 3.05) is 0 Å². The first kappa shape index (κ1) is 16.6. The van der Waals surface area contributed by atoms with Gasteiger partial charge in [-0.1, -0.05) is 65.7 Å². The van der Waals surface area contributed by atoms with Gasteiger partial charge in [-0.2, -0.15) is 0 Å². The molecular weight excluding hydrogens is 318 g/mol. The SMILES string of the molecule is Cc1ccc(C[C@@H](O)c2cc3cc(-c4cccc(C)c4)ccc3[nH]2)cc1. The number of aromatic amines is 1. The first-order chi connectivity index (χ1) is 12.6. The monoisotopic (exact) mass is 341 g/mol. The Labute approximate surface area is 154 Å². The molecule has 0 bridgehead atoms. The molecule has 0 aliphatic rings. The van der Waals surface area contributed by atoms with Gasteiger partial charge in [0, 0.05) is 23.0 Å². The van der Waals surface area contributed by atoms with Crippen molar-refractivity contribution in [3.8, 4) is 11.1 Å². The van der Waals surface area contributed by atoms with Gasteiger partial charge in [0.25, 0.3) is 0 Å². The second-order valence-electron chi connectivity index (χ2n) is 7.10. The van der Waals surface area contributed by atoms with Gasteiger partial charge in [0.05, 0.1) is 6.10 Å². The molecule has 0 saturated carbocycles. The molecule has 1 atom stereocenters. The Morgan fingerprint density at radius 2 is 1.58 bits per heavy atom. The van der Waals surface area contributed by atoms with Gasteiger partial charge in [0.2, 0.25) is 0 Å². The van der Waals surface area contributed by atoms with E-state index in [1.807, 2.05) is 0 Å². The zero-order valence-electron chi connectivity index (χ0n) is 15.2. The Bertz CT molecular complexity index is 1040. The maximum absolute atomic E-state index is 10.6. The van der Waals surface area contributed by atoms with E-state index >= 15 is 0 Å². The lowest BCUT2D eigenvalue weighted by atomic mass is 10.0. The fourth-order valence-electron chi connectivity index (χ4n) is 3.40. The minimum Gasteiger partial charge on any atom is -0.387 e. The summed E-state index contributed by atoms with van der Waals surface area (Å²) in [6.45, 7) is 4.18. The van der Waals surface area contributed by atoms with Crippen LogP contribution < -0.4 is 0 Å². The third-order valence-electron chi connectivity index (χ3n) is 4.90. The number of hydrogen-bond donors (Lipinski definition) is 2. The molecule has 0 fully saturated rings. The molecule has 0 amide bonds. The number of H-pyrrole nitrogens is 1. The minimum atomic E-state index is -0.535. The van der Waals surface area contributed by atoms with Gasteiger partial charge in [-0.3, -0.25) is 0 Å². The van der Waals surface area contributed by atoms with E-state index in [-0.39, 0.29) is 0 Å². The molecule has 4 rings (SSSR count). The Hall–Kier alpha value is -2.84. The highest BCUT2D eigenvalue weighted by molar-refractivity contribution is 5.86. The number of aliphatic hydroxyl groups excluding tert-OH is 1. The van der Waals surface area contributed by atoms with Crippen LogP contribution in [-0.4, -0.2) is 10.1 Å². The molecule has 26 heavy (non-hydrogen) atoms. The standard InChI is InChI=1S/C24H23NO/c1-16-6-8-18(9-7-16)13-24(26)23-15-21-14-20(10-11-22(21)25-23)19-5-3-4-17(2)12-19/h3-12,14-15,24-26H,13H2,1-2H3/t24-/m1/s1. The van der Waals surface area contributed by atoms with Crippen molar-refractivity contribution >= 4 is 10.9 Å². The number of aliphatic hydroxyl groups is 1. The molecule has 0 aliphatic carbocycles. The number of aromatic nitrogens is 1. The van der Waals surface area contributed by atoms with Crippen LogP contribution in [0.4, 0.5) is 0 Å². The average Bonchev–Trinajstić information content (AvgIpc) is 3.07. The van der Waals surface area contributed by atoms with Crippen molar-refractivity contribution < 1.29 is 5.11 Å². The van der Waals surface area contributed by atoms with Gasteiger partial charge >= 0.3 is 0 Å². The summed E-state index contributed by atoms with van der Waals surface area (Å²) in [5.41, 5.74) is 7.96. The predicted octanol–water partition coefficient (Wildman–Crippen LogP) is 5.73. The second-order valence-corrected chi connectivity index (χ2v) is 7.10. The van der Waals surface area contributed by atoms with E-state index in [9.17, 15) is 5.11 Å². The van der Waals surface area contributed by atoms with E-state index in [1.54, 1.807) is 0 Å². The molecule has 0 radical (unpaired) electrons. The van der Waals surface area contributed by atoms with Crippen molar-refractivity contribution in [3.05, 3.63) is 95.2 Å². The highest BCUT2D eigenvalue weighted by atomic mass is 16.3. The molecule has 0 aliphatic heterocycles. The largest absolute Gasteiger partial charge is 0.387 e. The third-order valence-corrected chi connectivity index (χ3v) is 4.90. The fourth-order valence-corrected chi connectivity index (χ4v) is 3.40. The van der Waals surface area contributed by atoms with Crippen molar-refractivity contribution in [1.29, 1.82) is 0 Å². The second kappa shape index (κ2) is 6.81. The summed E-state index contributed by atoms with van der Waals surface area (Å²) in [7, 11) is 0. The Kier molecular flexibility index (Phi) is 4.36. The van der Waals surface area contributed by atoms with Crippen LogP contribution in [0, 0.1) is 13.8 Å². The van der Waals surface area contributed by atoms with Gasteiger partial charge in [-0.15, -0.1) is 0 Å². The number of aryl methyl sites for hydroxylation is 2. The van der Waals surface area contributed by atoms with Crippen LogP contribution in [0.15, 0.2) is 72.8 Å². The molecule has 0 unspecified atom stereocenters. The molecule has 0 saturated heterocycles.